The number of hydrogen-bond donors (Lipinski definition) is 2. The van der Waals surface area contributed by atoms with Crippen LogP contribution in [-0.2, 0) is 23.9 Å². The van der Waals surface area contributed by atoms with E-state index in [1.54, 1.807) is 41.5 Å². The van der Waals surface area contributed by atoms with E-state index in [0.29, 0.717) is 6.29 Å². The van der Waals surface area contributed by atoms with Crippen LogP contribution in [0.3, 0.4) is 0 Å². The van der Waals surface area contributed by atoms with Crippen molar-refractivity contribution in [2.45, 2.75) is 71.6 Å². The van der Waals surface area contributed by atoms with Gasteiger partial charge in [0.15, 0.2) is 0 Å². The molecular weight excluding hydrogens is 316 g/mol. The molecule has 0 radical (unpaired) electrons. The van der Waals surface area contributed by atoms with Crippen molar-refractivity contribution in [3.8, 4) is 0 Å². The Balaban J connectivity index is 4.75. The van der Waals surface area contributed by atoms with Gasteiger partial charge in [-0.1, -0.05) is 0 Å². The summed E-state index contributed by atoms with van der Waals surface area (Å²) in [6.45, 7) is 10.1. The van der Waals surface area contributed by atoms with Gasteiger partial charge in [0.05, 0.1) is 6.54 Å². The fourth-order valence-electron chi connectivity index (χ4n) is 1.64. The molecule has 0 spiro atoms. The number of rotatable bonds is 7. The highest BCUT2D eigenvalue weighted by atomic mass is 16.6. The van der Waals surface area contributed by atoms with Crippen molar-refractivity contribution < 1.29 is 28.7 Å². The molecule has 138 valence electrons. The topological polar surface area (TPSA) is 111 Å². The number of hydrogen-bond acceptors (Lipinski definition) is 6. The molecule has 0 bridgehead atoms. The minimum absolute atomic E-state index is 0.0266. The van der Waals surface area contributed by atoms with Crippen LogP contribution in [-0.4, -0.2) is 48.0 Å². The largest absolute Gasteiger partial charge is 0.460 e. The summed E-state index contributed by atoms with van der Waals surface area (Å²) >= 11 is 0. The highest BCUT2D eigenvalue weighted by Crippen LogP contribution is 2.11. The second-order valence-corrected chi connectivity index (χ2v) is 7.24. The molecule has 0 rings (SSSR count). The summed E-state index contributed by atoms with van der Waals surface area (Å²) in [4.78, 5) is 46.0. The third-order valence-corrected chi connectivity index (χ3v) is 2.42. The second kappa shape index (κ2) is 9.24. The lowest BCUT2D eigenvalue weighted by Crippen LogP contribution is -2.48. The van der Waals surface area contributed by atoms with Crippen LogP contribution in [0.15, 0.2) is 0 Å². The average molecular weight is 344 g/mol. The quantitative estimate of drug-likeness (QED) is 0.532. The lowest BCUT2D eigenvalue weighted by atomic mass is 10.1. The zero-order valence-electron chi connectivity index (χ0n) is 15.2. The van der Waals surface area contributed by atoms with Crippen LogP contribution in [0.25, 0.3) is 0 Å². The Kier molecular flexibility index (Phi) is 8.43. The molecule has 0 aromatic heterocycles. The lowest BCUT2D eigenvalue weighted by molar-refractivity contribution is -0.155. The minimum Gasteiger partial charge on any atom is -0.460 e. The maximum atomic E-state index is 12.0. The molecule has 8 heteroatoms. The first-order chi connectivity index (χ1) is 10.8. The predicted octanol–water partition coefficient (Wildman–Crippen LogP) is 1.32. The van der Waals surface area contributed by atoms with Crippen LogP contribution in [0.4, 0.5) is 4.79 Å². The molecule has 24 heavy (non-hydrogen) atoms. The molecule has 0 heterocycles. The highest BCUT2D eigenvalue weighted by molar-refractivity contribution is 5.87. The maximum Gasteiger partial charge on any atom is 0.408 e. The fraction of sp³-hybridized carbons (Fsp3) is 0.750. The Labute approximate surface area is 142 Å². The van der Waals surface area contributed by atoms with Crippen LogP contribution < -0.4 is 10.6 Å². The molecule has 0 saturated heterocycles. The molecule has 0 aliphatic rings. The summed E-state index contributed by atoms with van der Waals surface area (Å²) in [5.41, 5.74) is -1.36. The molecule has 1 atom stereocenters. The smallest absolute Gasteiger partial charge is 0.408 e. The number of nitrogens with one attached hydrogen (secondary N) is 2. The molecule has 0 aliphatic carbocycles. The molecule has 0 unspecified atom stereocenters. The van der Waals surface area contributed by atoms with Crippen molar-refractivity contribution >= 4 is 24.3 Å². The number of aldehydes is 1. The van der Waals surface area contributed by atoms with Crippen LogP contribution in [0.2, 0.25) is 0 Å². The summed E-state index contributed by atoms with van der Waals surface area (Å²) in [6, 6.07) is -1.01. The van der Waals surface area contributed by atoms with E-state index < -0.39 is 35.2 Å². The van der Waals surface area contributed by atoms with Crippen LogP contribution in [0, 0.1) is 0 Å². The van der Waals surface area contributed by atoms with E-state index in [1.807, 2.05) is 0 Å². The monoisotopic (exact) mass is 344 g/mol. The Hall–Kier alpha value is -2.12. The molecule has 0 saturated carbocycles. The van der Waals surface area contributed by atoms with Gasteiger partial charge in [-0.2, -0.15) is 0 Å². The molecule has 0 aromatic carbocycles. The van der Waals surface area contributed by atoms with Crippen LogP contribution in [0.5, 0.6) is 0 Å². The van der Waals surface area contributed by atoms with Gasteiger partial charge >= 0.3 is 12.1 Å². The first-order valence-electron chi connectivity index (χ1n) is 7.77. The highest BCUT2D eigenvalue weighted by Gasteiger charge is 2.26. The number of esters is 1. The van der Waals surface area contributed by atoms with Crippen molar-refractivity contribution in [1.29, 1.82) is 0 Å². The van der Waals surface area contributed by atoms with Gasteiger partial charge in [-0.05, 0) is 48.0 Å². The molecule has 2 N–H and O–H groups in total. The van der Waals surface area contributed by atoms with Crippen molar-refractivity contribution in [1.82, 2.24) is 10.6 Å². The predicted molar refractivity (Wildman–Crippen MR) is 87.3 cm³/mol. The van der Waals surface area contributed by atoms with Crippen molar-refractivity contribution in [2.75, 3.05) is 6.54 Å². The number of carbonyl (C=O) groups excluding carboxylic acids is 4. The summed E-state index contributed by atoms with van der Waals surface area (Å²) in [7, 11) is 0. The first-order valence-corrected chi connectivity index (χ1v) is 7.77. The first kappa shape index (κ1) is 21.9. The third kappa shape index (κ3) is 11.4. The molecule has 0 aliphatic heterocycles. The Morgan fingerprint density at radius 2 is 1.54 bits per heavy atom. The van der Waals surface area contributed by atoms with E-state index >= 15 is 0 Å². The molecule has 0 aromatic rings. The molecule has 2 amide bonds. The molecule has 8 nitrogen and oxygen atoms in total. The normalized spacial score (nSPS) is 12.8. The van der Waals surface area contributed by atoms with E-state index in [2.05, 4.69) is 10.6 Å². The van der Waals surface area contributed by atoms with Gasteiger partial charge in [0, 0.05) is 6.42 Å². The SMILES string of the molecule is CC(C)(C)OC(=O)CC[C@H](NC(=O)OC(C)(C)C)C(=O)NCC=O. The minimum atomic E-state index is -1.01. The number of amides is 2. The number of alkyl carbamates (subject to hydrolysis) is 1. The number of carbonyl (C=O) groups is 4. The Morgan fingerprint density at radius 3 is 2.00 bits per heavy atom. The summed E-state index contributed by atoms with van der Waals surface area (Å²) in [5, 5.41) is 4.75. The van der Waals surface area contributed by atoms with Crippen LogP contribution >= 0.6 is 0 Å². The van der Waals surface area contributed by atoms with Crippen molar-refractivity contribution in [3.63, 3.8) is 0 Å². The third-order valence-electron chi connectivity index (χ3n) is 2.42. The standard InChI is InChI=1S/C16H28N2O6/c1-15(2,3)23-12(20)8-7-11(13(21)17-9-10-19)18-14(22)24-16(4,5)6/h10-11H,7-9H2,1-6H3,(H,17,21)(H,18,22)/t11-/m0/s1. The second-order valence-electron chi connectivity index (χ2n) is 7.24. The van der Waals surface area contributed by atoms with Crippen molar-refractivity contribution in [2.24, 2.45) is 0 Å². The van der Waals surface area contributed by atoms with Gasteiger partial charge in [-0.3, -0.25) is 9.59 Å². The van der Waals surface area contributed by atoms with Gasteiger partial charge in [0.1, 0.15) is 23.5 Å². The van der Waals surface area contributed by atoms with Gasteiger partial charge in [0.2, 0.25) is 5.91 Å². The zero-order chi connectivity index (χ0) is 19.0. The van der Waals surface area contributed by atoms with E-state index in [1.165, 1.54) is 0 Å². The number of ether oxygens (including phenoxy) is 2. The lowest BCUT2D eigenvalue weighted by Gasteiger charge is -2.24. The average Bonchev–Trinajstić information content (AvgIpc) is 2.36. The van der Waals surface area contributed by atoms with Gasteiger partial charge in [-0.15, -0.1) is 0 Å². The van der Waals surface area contributed by atoms with Crippen LogP contribution in [0.1, 0.15) is 54.4 Å². The molecule has 0 fully saturated rings. The van der Waals surface area contributed by atoms with E-state index in [-0.39, 0.29) is 19.4 Å². The Morgan fingerprint density at radius 1 is 1.00 bits per heavy atom. The molecular formula is C16H28N2O6. The van der Waals surface area contributed by atoms with Gasteiger partial charge < -0.3 is 24.9 Å². The summed E-state index contributed by atoms with van der Waals surface area (Å²) in [5.74, 6) is -1.06. The maximum absolute atomic E-state index is 12.0. The van der Waals surface area contributed by atoms with Gasteiger partial charge in [-0.25, -0.2) is 4.79 Å². The van der Waals surface area contributed by atoms with Gasteiger partial charge in [0.25, 0.3) is 0 Å². The fourth-order valence-corrected chi connectivity index (χ4v) is 1.64. The zero-order valence-corrected chi connectivity index (χ0v) is 15.2. The van der Waals surface area contributed by atoms with E-state index in [9.17, 15) is 19.2 Å². The summed E-state index contributed by atoms with van der Waals surface area (Å²) in [6.07, 6.45) is -0.292. The van der Waals surface area contributed by atoms with E-state index in [4.69, 9.17) is 9.47 Å². The van der Waals surface area contributed by atoms with Crippen molar-refractivity contribution in [3.05, 3.63) is 0 Å². The summed E-state index contributed by atoms with van der Waals surface area (Å²) < 4.78 is 10.3. The van der Waals surface area contributed by atoms with E-state index in [0.717, 1.165) is 0 Å². The Bertz CT molecular complexity index is 462.